The van der Waals surface area contributed by atoms with Crippen LogP contribution in [-0.4, -0.2) is 4.98 Å². The Labute approximate surface area is 72.7 Å². The number of hydrogen-bond donors (Lipinski definition) is 2. The summed E-state index contributed by atoms with van der Waals surface area (Å²) in [5.41, 5.74) is 11.8. The number of para-hydroxylation sites is 1. The highest BCUT2D eigenvalue weighted by atomic mass is 32.1. The second-order valence-electron chi connectivity index (χ2n) is 2.22. The summed E-state index contributed by atoms with van der Waals surface area (Å²) >= 11 is 1.48. The second kappa shape index (κ2) is 2.86. The lowest BCUT2D eigenvalue weighted by molar-refractivity contribution is -0.444. The number of hydrogen-bond acceptors (Lipinski definition) is 2. The van der Waals surface area contributed by atoms with Gasteiger partial charge in [-0.2, -0.15) is 10.8 Å². The quantitative estimate of drug-likeness (QED) is 0.526. The molecular weight excluding hydrogens is 172 g/mol. The highest BCUT2D eigenvalue weighted by molar-refractivity contribution is 7.22. The maximum atomic E-state index is 8.35. The van der Waals surface area contributed by atoms with Gasteiger partial charge in [0.05, 0.1) is 10.2 Å². The Hall–Kier alpha value is -1.49. The van der Waals surface area contributed by atoms with Crippen LogP contribution in [0.15, 0.2) is 24.3 Å². The highest BCUT2D eigenvalue weighted by Gasteiger charge is 1.98. The molecule has 0 fully saturated rings. The molecule has 0 amide bonds. The molecule has 0 saturated carbocycles. The number of thiazole rings is 1. The number of nitrogens with one attached hydrogen (secondary N) is 2. The fourth-order valence-electron chi connectivity index (χ4n) is 0.973. The van der Waals surface area contributed by atoms with Crippen LogP contribution in [0.25, 0.3) is 15.7 Å². The third-order valence-corrected chi connectivity index (χ3v) is 2.41. The lowest BCUT2D eigenvalue weighted by atomic mass is 10.3. The normalized spacial score (nSPS) is 10.0. The molecule has 0 aliphatic heterocycles. The number of aromatic nitrogens is 1. The maximum Gasteiger partial charge on any atom is 0.153 e. The van der Waals surface area contributed by atoms with Crippen LogP contribution in [0.1, 0.15) is 0 Å². The van der Waals surface area contributed by atoms with Crippen molar-refractivity contribution in [1.29, 1.82) is 0 Å². The van der Waals surface area contributed by atoms with Crippen molar-refractivity contribution in [1.82, 2.24) is 4.98 Å². The van der Waals surface area contributed by atoms with Gasteiger partial charge in [0, 0.05) is 0 Å². The van der Waals surface area contributed by atoms with Gasteiger partial charge in [-0.1, -0.05) is 12.1 Å². The number of hydrazine groups is 1. The minimum Gasteiger partial charge on any atom is -0.237 e. The molecule has 4 nitrogen and oxygen atoms in total. The Balaban J connectivity index is 2.54. The molecule has 1 heterocycles. The smallest absolute Gasteiger partial charge is 0.153 e. The molecule has 5 heteroatoms. The zero-order valence-electron chi connectivity index (χ0n) is 6.11. The van der Waals surface area contributed by atoms with Crippen molar-refractivity contribution >= 4 is 26.7 Å². The van der Waals surface area contributed by atoms with E-state index in [2.05, 4.69) is 10.4 Å². The van der Waals surface area contributed by atoms with Crippen molar-refractivity contribution in [2.24, 2.45) is 0 Å². The first kappa shape index (κ1) is 7.17. The Morgan fingerprint density at radius 1 is 1.42 bits per heavy atom. The zero-order valence-corrected chi connectivity index (χ0v) is 6.93. The van der Waals surface area contributed by atoms with E-state index in [4.69, 9.17) is 5.53 Å². The summed E-state index contributed by atoms with van der Waals surface area (Å²) in [6.45, 7) is 0. The molecule has 0 saturated heterocycles. The van der Waals surface area contributed by atoms with Gasteiger partial charge < -0.3 is 0 Å². The summed E-state index contributed by atoms with van der Waals surface area (Å²) in [5.74, 6) is 0. The van der Waals surface area contributed by atoms with Crippen LogP contribution in [0.4, 0.5) is 5.13 Å². The Kier molecular flexibility index (Phi) is 1.71. The number of nitrogens with zero attached hydrogens (tertiary/aromatic N) is 2. The van der Waals surface area contributed by atoms with E-state index in [1.165, 1.54) is 11.3 Å². The maximum absolute atomic E-state index is 8.35. The SMILES string of the molecule is [N-]=[NH+]Nc1nc2ccccc2s1. The van der Waals surface area contributed by atoms with E-state index in [1.807, 2.05) is 29.5 Å². The first-order valence-corrected chi connectivity index (χ1v) is 4.22. The summed E-state index contributed by atoms with van der Waals surface area (Å²) in [6.07, 6.45) is 0. The number of fused-ring (bicyclic) bond motifs is 1. The Bertz CT molecular complexity index is 375. The summed E-state index contributed by atoms with van der Waals surface area (Å²) in [5, 5.41) is 2.49. The van der Waals surface area contributed by atoms with Gasteiger partial charge in [-0.3, -0.25) is 0 Å². The molecule has 1 aromatic heterocycles. The Morgan fingerprint density at radius 2 is 2.25 bits per heavy atom. The van der Waals surface area contributed by atoms with Crippen molar-refractivity contribution < 1.29 is 5.22 Å². The number of anilines is 1. The van der Waals surface area contributed by atoms with Gasteiger partial charge in [-0.25, -0.2) is 10.4 Å². The summed E-state index contributed by atoms with van der Waals surface area (Å²) < 4.78 is 1.09. The third-order valence-electron chi connectivity index (χ3n) is 1.46. The van der Waals surface area contributed by atoms with Gasteiger partial charge in [0.25, 0.3) is 0 Å². The van der Waals surface area contributed by atoms with Crippen molar-refractivity contribution in [3.8, 4) is 0 Å². The van der Waals surface area contributed by atoms with Gasteiger partial charge in [-0.15, -0.1) is 11.3 Å². The molecule has 2 rings (SSSR count). The predicted octanol–water partition coefficient (Wildman–Crippen LogP) is 0.725. The number of rotatable bonds is 2. The summed E-state index contributed by atoms with van der Waals surface area (Å²) in [6, 6.07) is 7.79. The average molecular weight is 178 g/mol. The van der Waals surface area contributed by atoms with E-state index in [9.17, 15) is 0 Å². The van der Waals surface area contributed by atoms with E-state index >= 15 is 0 Å². The van der Waals surface area contributed by atoms with Gasteiger partial charge in [-0.05, 0) is 12.1 Å². The van der Waals surface area contributed by atoms with Crippen LogP contribution in [0.3, 0.4) is 0 Å². The molecule has 2 N–H and O–H groups in total. The molecule has 0 bridgehead atoms. The standard InChI is InChI=1S/C7H6N4S/c8-11-10-7-9-5-3-1-2-4-6(5)12-7/h1-4,11H,(H-,8,9,10). The minimum absolute atomic E-state index is 0.652. The van der Waals surface area contributed by atoms with Crippen LogP contribution < -0.4 is 10.6 Å². The minimum atomic E-state index is 0.652. The third kappa shape index (κ3) is 1.14. The molecule has 0 spiro atoms. The molecule has 0 unspecified atom stereocenters. The molecule has 60 valence electrons. The lowest BCUT2D eigenvalue weighted by Crippen LogP contribution is -2.68. The van der Waals surface area contributed by atoms with Crippen molar-refractivity contribution in [3.05, 3.63) is 29.8 Å². The first-order valence-electron chi connectivity index (χ1n) is 3.41. The topological polar surface area (TPSA) is 61.2 Å². The van der Waals surface area contributed by atoms with Crippen LogP contribution in [0.5, 0.6) is 0 Å². The molecule has 0 aliphatic carbocycles. The largest absolute Gasteiger partial charge is 0.237 e. The molecule has 1 aromatic carbocycles. The summed E-state index contributed by atoms with van der Waals surface area (Å²) in [7, 11) is 0. The predicted molar refractivity (Wildman–Crippen MR) is 47.6 cm³/mol. The van der Waals surface area contributed by atoms with Gasteiger partial charge in [0.2, 0.25) is 0 Å². The van der Waals surface area contributed by atoms with E-state index in [1.54, 1.807) is 0 Å². The van der Waals surface area contributed by atoms with Gasteiger partial charge in [0.1, 0.15) is 0 Å². The van der Waals surface area contributed by atoms with E-state index in [-0.39, 0.29) is 0 Å². The second-order valence-corrected chi connectivity index (χ2v) is 3.25. The van der Waals surface area contributed by atoms with Crippen molar-refractivity contribution in [3.63, 3.8) is 0 Å². The first-order chi connectivity index (χ1) is 5.90. The molecule has 12 heavy (non-hydrogen) atoms. The average Bonchev–Trinajstić information content (AvgIpc) is 2.47. The van der Waals surface area contributed by atoms with E-state index in [0.717, 1.165) is 10.2 Å². The van der Waals surface area contributed by atoms with Crippen LogP contribution >= 0.6 is 11.3 Å². The Morgan fingerprint density at radius 3 is 3.00 bits per heavy atom. The van der Waals surface area contributed by atoms with Crippen molar-refractivity contribution in [2.75, 3.05) is 5.43 Å². The highest BCUT2D eigenvalue weighted by Crippen LogP contribution is 2.23. The van der Waals surface area contributed by atoms with E-state index in [0.29, 0.717) is 5.13 Å². The molecule has 0 atom stereocenters. The lowest BCUT2D eigenvalue weighted by Gasteiger charge is -1.87. The van der Waals surface area contributed by atoms with E-state index < -0.39 is 0 Å². The van der Waals surface area contributed by atoms with Crippen LogP contribution in [0, 0.1) is 0 Å². The summed E-state index contributed by atoms with van der Waals surface area (Å²) in [4.78, 5) is 4.19. The molecule has 0 aliphatic rings. The van der Waals surface area contributed by atoms with Crippen LogP contribution in [-0.2, 0) is 0 Å². The van der Waals surface area contributed by atoms with Gasteiger partial charge >= 0.3 is 0 Å². The van der Waals surface area contributed by atoms with Gasteiger partial charge in [0.15, 0.2) is 5.13 Å². The zero-order chi connectivity index (χ0) is 8.39. The fraction of sp³-hybridized carbons (Fsp3) is 0. The fourth-order valence-corrected chi connectivity index (χ4v) is 1.79. The molecule has 2 aromatic rings. The number of benzene rings is 1. The molecule has 0 radical (unpaired) electrons. The van der Waals surface area contributed by atoms with Crippen molar-refractivity contribution in [2.45, 2.75) is 0 Å². The monoisotopic (exact) mass is 178 g/mol. The molecular formula is C7H6N4S. The van der Waals surface area contributed by atoms with Crippen LogP contribution in [0.2, 0.25) is 0 Å².